The SMILES string of the molecule is CCc1cc(-c2cnn(C)c2)cc(F)c1NC(C)=O. The van der Waals surface area contributed by atoms with Crippen LogP contribution < -0.4 is 5.32 Å². The molecule has 1 aromatic heterocycles. The number of aromatic nitrogens is 2. The van der Waals surface area contributed by atoms with E-state index >= 15 is 0 Å². The molecule has 1 amide bonds. The quantitative estimate of drug-likeness (QED) is 0.923. The Balaban J connectivity index is 2.49. The van der Waals surface area contributed by atoms with Crippen molar-refractivity contribution in [3.63, 3.8) is 0 Å². The maximum absolute atomic E-state index is 14.1. The van der Waals surface area contributed by atoms with Gasteiger partial charge in [-0.05, 0) is 29.7 Å². The third-order valence-corrected chi connectivity index (χ3v) is 2.89. The lowest BCUT2D eigenvalue weighted by atomic mass is 10.0. The van der Waals surface area contributed by atoms with Gasteiger partial charge < -0.3 is 5.32 Å². The standard InChI is InChI=1S/C14H16FN3O/c1-4-10-5-11(12-7-16-18(3)8-12)6-13(15)14(10)17-9(2)19/h5-8H,4H2,1-3H3,(H,17,19). The van der Waals surface area contributed by atoms with E-state index in [1.165, 1.54) is 13.0 Å². The Kier molecular flexibility index (Phi) is 3.64. The molecule has 1 N–H and O–H groups in total. The summed E-state index contributed by atoms with van der Waals surface area (Å²) in [6, 6.07) is 3.30. The highest BCUT2D eigenvalue weighted by atomic mass is 19.1. The minimum Gasteiger partial charge on any atom is -0.324 e. The van der Waals surface area contributed by atoms with Crippen LogP contribution in [-0.4, -0.2) is 15.7 Å². The van der Waals surface area contributed by atoms with Crippen molar-refractivity contribution >= 4 is 11.6 Å². The first kappa shape index (κ1) is 13.3. The van der Waals surface area contributed by atoms with E-state index in [1.54, 1.807) is 10.9 Å². The van der Waals surface area contributed by atoms with Crippen LogP contribution in [0.5, 0.6) is 0 Å². The molecule has 0 atom stereocenters. The van der Waals surface area contributed by atoms with Gasteiger partial charge >= 0.3 is 0 Å². The predicted molar refractivity (Wildman–Crippen MR) is 72.3 cm³/mol. The van der Waals surface area contributed by atoms with Gasteiger partial charge in [0.2, 0.25) is 5.91 Å². The zero-order chi connectivity index (χ0) is 14.0. The van der Waals surface area contributed by atoms with Crippen LogP contribution in [0.1, 0.15) is 19.4 Å². The lowest BCUT2D eigenvalue weighted by Crippen LogP contribution is -2.10. The normalized spacial score (nSPS) is 10.5. The number of carbonyl (C=O) groups is 1. The van der Waals surface area contributed by atoms with Crippen LogP contribution >= 0.6 is 0 Å². The van der Waals surface area contributed by atoms with E-state index < -0.39 is 5.82 Å². The fraction of sp³-hybridized carbons (Fsp3) is 0.286. The summed E-state index contributed by atoms with van der Waals surface area (Å²) in [6.45, 7) is 3.29. The molecule has 2 rings (SSSR count). The molecular weight excluding hydrogens is 245 g/mol. The fourth-order valence-electron chi connectivity index (χ4n) is 2.00. The molecule has 0 fully saturated rings. The fourth-order valence-corrected chi connectivity index (χ4v) is 2.00. The van der Waals surface area contributed by atoms with Crippen molar-refractivity contribution in [3.05, 3.63) is 35.9 Å². The summed E-state index contributed by atoms with van der Waals surface area (Å²) in [6.07, 6.45) is 4.15. The van der Waals surface area contributed by atoms with E-state index in [2.05, 4.69) is 10.4 Å². The summed E-state index contributed by atoms with van der Waals surface area (Å²) in [7, 11) is 1.81. The predicted octanol–water partition coefficient (Wildman–Crippen LogP) is 2.75. The first-order valence-corrected chi connectivity index (χ1v) is 6.10. The van der Waals surface area contributed by atoms with Crippen LogP contribution in [0.3, 0.4) is 0 Å². The summed E-state index contributed by atoms with van der Waals surface area (Å²) >= 11 is 0. The summed E-state index contributed by atoms with van der Waals surface area (Å²) in [4.78, 5) is 11.1. The number of nitrogens with zero attached hydrogens (tertiary/aromatic N) is 2. The molecule has 0 bridgehead atoms. The number of nitrogens with one attached hydrogen (secondary N) is 1. The molecule has 0 radical (unpaired) electrons. The average molecular weight is 261 g/mol. The first-order chi connectivity index (χ1) is 9.01. The van der Waals surface area contributed by atoms with Gasteiger partial charge in [-0.15, -0.1) is 0 Å². The van der Waals surface area contributed by atoms with Gasteiger partial charge in [-0.2, -0.15) is 5.10 Å². The van der Waals surface area contributed by atoms with Gasteiger partial charge in [-0.3, -0.25) is 9.48 Å². The molecular formula is C14H16FN3O. The average Bonchev–Trinajstić information content (AvgIpc) is 2.77. The van der Waals surface area contributed by atoms with E-state index in [0.717, 1.165) is 16.7 Å². The Bertz CT molecular complexity index is 619. The van der Waals surface area contributed by atoms with Crippen molar-refractivity contribution in [2.75, 3.05) is 5.32 Å². The van der Waals surface area contributed by atoms with Crippen molar-refractivity contribution in [1.29, 1.82) is 0 Å². The second kappa shape index (κ2) is 5.22. The highest BCUT2D eigenvalue weighted by Gasteiger charge is 2.12. The molecule has 0 unspecified atom stereocenters. The largest absolute Gasteiger partial charge is 0.324 e. The molecule has 0 saturated heterocycles. The van der Waals surface area contributed by atoms with Crippen molar-refractivity contribution in [2.45, 2.75) is 20.3 Å². The third-order valence-electron chi connectivity index (χ3n) is 2.89. The van der Waals surface area contributed by atoms with E-state index in [0.29, 0.717) is 6.42 Å². The molecule has 0 aliphatic rings. The Morgan fingerprint density at radius 1 is 1.42 bits per heavy atom. The number of halogens is 1. The topological polar surface area (TPSA) is 46.9 Å². The van der Waals surface area contributed by atoms with Crippen LogP contribution in [0.25, 0.3) is 11.1 Å². The van der Waals surface area contributed by atoms with Gasteiger partial charge in [0.1, 0.15) is 5.82 Å². The molecule has 1 heterocycles. The second-order valence-electron chi connectivity index (χ2n) is 4.43. The van der Waals surface area contributed by atoms with E-state index in [1.807, 2.05) is 26.2 Å². The van der Waals surface area contributed by atoms with Crippen LogP contribution in [-0.2, 0) is 18.3 Å². The molecule has 1 aromatic carbocycles. The van der Waals surface area contributed by atoms with Crippen LogP contribution in [0.4, 0.5) is 10.1 Å². The smallest absolute Gasteiger partial charge is 0.221 e. The molecule has 0 aliphatic carbocycles. The second-order valence-corrected chi connectivity index (χ2v) is 4.43. The molecule has 0 saturated carbocycles. The minimum atomic E-state index is -0.423. The zero-order valence-electron chi connectivity index (χ0n) is 11.2. The van der Waals surface area contributed by atoms with Crippen LogP contribution in [0, 0.1) is 5.82 Å². The van der Waals surface area contributed by atoms with Crippen LogP contribution in [0.2, 0.25) is 0 Å². The number of carbonyl (C=O) groups excluding carboxylic acids is 1. The number of hydrogen-bond donors (Lipinski definition) is 1. The Morgan fingerprint density at radius 2 is 2.16 bits per heavy atom. The van der Waals surface area contributed by atoms with Crippen molar-refractivity contribution in [2.24, 2.45) is 7.05 Å². The van der Waals surface area contributed by atoms with Gasteiger partial charge in [0.05, 0.1) is 11.9 Å². The number of amides is 1. The number of hydrogen-bond acceptors (Lipinski definition) is 2. The molecule has 19 heavy (non-hydrogen) atoms. The third kappa shape index (κ3) is 2.81. The number of rotatable bonds is 3. The summed E-state index contributed by atoms with van der Waals surface area (Å²) in [5.41, 5.74) is 2.65. The van der Waals surface area contributed by atoms with Crippen molar-refractivity contribution < 1.29 is 9.18 Å². The molecule has 100 valence electrons. The van der Waals surface area contributed by atoms with Crippen molar-refractivity contribution in [3.8, 4) is 11.1 Å². The highest BCUT2D eigenvalue weighted by Crippen LogP contribution is 2.28. The summed E-state index contributed by atoms with van der Waals surface area (Å²) in [5.74, 6) is -0.698. The monoisotopic (exact) mass is 261 g/mol. The first-order valence-electron chi connectivity index (χ1n) is 6.10. The van der Waals surface area contributed by atoms with Gasteiger partial charge in [0.15, 0.2) is 0 Å². The van der Waals surface area contributed by atoms with Gasteiger partial charge in [0, 0.05) is 25.7 Å². The van der Waals surface area contributed by atoms with E-state index in [-0.39, 0.29) is 11.6 Å². The summed E-state index contributed by atoms with van der Waals surface area (Å²) in [5, 5.41) is 6.62. The lowest BCUT2D eigenvalue weighted by molar-refractivity contribution is -0.114. The number of aryl methyl sites for hydroxylation is 2. The number of anilines is 1. The summed E-state index contributed by atoms with van der Waals surface area (Å²) < 4.78 is 15.8. The zero-order valence-corrected chi connectivity index (χ0v) is 11.2. The van der Waals surface area contributed by atoms with Crippen molar-refractivity contribution in [1.82, 2.24) is 9.78 Å². The van der Waals surface area contributed by atoms with Gasteiger partial charge in [0.25, 0.3) is 0 Å². The molecule has 0 aliphatic heterocycles. The maximum Gasteiger partial charge on any atom is 0.221 e. The maximum atomic E-state index is 14.1. The van der Waals surface area contributed by atoms with E-state index in [4.69, 9.17) is 0 Å². The minimum absolute atomic E-state index is 0.266. The highest BCUT2D eigenvalue weighted by molar-refractivity contribution is 5.90. The number of benzene rings is 1. The van der Waals surface area contributed by atoms with Gasteiger partial charge in [-0.25, -0.2) is 4.39 Å². The molecule has 2 aromatic rings. The molecule has 0 spiro atoms. The lowest BCUT2D eigenvalue weighted by Gasteiger charge is -2.11. The molecule has 5 heteroatoms. The Hall–Kier alpha value is -2.17. The van der Waals surface area contributed by atoms with Crippen LogP contribution in [0.15, 0.2) is 24.5 Å². The Morgan fingerprint density at radius 3 is 2.68 bits per heavy atom. The molecule has 4 nitrogen and oxygen atoms in total. The van der Waals surface area contributed by atoms with E-state index in [9.17, 15) is 9.18 Å². The van der Waals surface area contributed by atoms with Gasteiger partial charge in [-0.1, -0.05) is 6.92 Å². The Labute approximate surface area is 111 Å².